The highest BCUT2D eigenvalue weighted by atomic mass is 32.2. The van der Waals surface area contributed by atoms with Crippen LogP contribution in [-0.2, 0) is 10.0 Å². The third-order valence-corrected chi connectivity index (χ3v) is 6.60. The summed E-state index contributed by atoms with van der Waals surface area (Å²) in [5, 5.41) is 0. The van der Waals surface area contributed by atoms with Crippen molar-refractivity contribution in [3.8, 4) is 0 Å². The van der Waals surface area contributed by atoms with Crippen LogP contribution < -0.4 is 0 Å². The van der Waals surface area contributed by atoms with Gasteiger partial charge in [0.2, 0.25) is 10.0 Å². The quantitative estimate of drug-likeness (QED) is 0.912. The first kappa shape index (κ1) is 16.5. The Bertz CT molecular complexity index is 774. The van der Waals surface area contributed by atoms with E-state index < -0.39 is 10.0 Å². The zero-order valence-corrected chi connectivity index (χ0v) is 14.7. The number of rotatable bonds is 5. The van der Waals surface area contributed by atoms with E-state index in [1.54, 1.807) is 4.31 Å². The molecule has 1 saturated heterocycles. The predicted molar refractivity (Wildman–Crippen MR) is 93.1 cm³/mol. The predicted octanol–water partition coefficient (Wildman–Crippen LogP) is 3.18. The van der Waals surface area contributed by atoms with Crippen molar-refractivity contribution < 1.29 is 8.42 Å². The van der Waals surface area contributed by atoms with Gasteiger partial charge in [-0.05, 0) is 43.9 Å². The van der Waals surface area contributed by atoms with E-state index in [1.165, 1.54) is 5.56 Å². The number of hydrogen-bond acceptors (Lipinski definition) is 3. The summed E-state index contributed by atoms with van der Waals surface area (Å²) in [5.74, 6) is 1.59. The molecule has 2 heterocycles. The molecule has 1 N–H and O–H groups in total. The second-order valence-corrected chi connectivity index (χ2v) is 8.57. The number of aromatic amines is 1. The molecule has 0 aliphatic carbocycles. The molecule has 2 aromatic rings. The first-order chi connectivity index (χ1) is 11.0. The van der Waals surface area contributed by atoms with Gasteiger partial charge >= 0.3 is 0 Å². The zero-order chi connectivity index (χ0) is 16.4. The monoisotopic (exact) mass is 335 g/mol. The summed E-state index contributed by atoms with van der Waals surface area (Å²) >= 11 is 0. The van der Waals surface area contributed by atoms with Gasteiger partial charge < -0.3 is 4.98 Å². The Balaban J connectivity index is 1.68. The number of benzene rings is 1. The maximum absolute atomic E-state index is 12.3. The normalized spacial score (nSPS) is 17.8. The number of H-pyrrole nitrogens is 1. The van der Waals surface area contributed by atoms with Crippen molar-refractivity contribution in [2.45, 2.75) is 45.4 Å². The van der Waals surface area contributed by atoms with E-state index in [-0.39, 0.29) is 5.75 Å². The average Bonchev–Trinajstić information content (AvgIpc) is 2.96. The van der Waals surface area contributed by atoms with Gasteiger partial charge in [-0.2, -0.15) is 0 Å². The topological polar surface area (TPSA) is 66.1 Å². The molecule has 1 aliphatic rings. The highest BCUT2D eigenvalue weighted by molar-refractivity contribution is 7.89. The Morgan fingerprint density at radius 2 is 2.04 bits per heavy atom. The molecule has 0 spiro atoms. The van der Waals surface area contributed by atoms with Gasteiger partial charge in [-0.3, -0.25) is 0 Å². The number of aryl methyl sites for hydroxylation is 1. The highest BCUT2D eigenvalue weighted by Crippen LogP contribution is 2.29. The van der Waals surface area contributed by atoms with Crippen LogP contribution in [0.2, 0.25) is 0 Å². The Morgan fingerprint density at radius 1 is 1.30 bits per heavy atom. The van der Waals surface area contributed by atoms with Crippen LogP contribution in [0.1, 0.15) is 49.9 Å². The number of unbranched alkanes of at least 4 members (excludes halogenated alkanes) is 1. The van der Waals surface area contributed by atoms with E-state index in [2.05, 4.69) is 24.0 Å². The minimum Gasteiger partial charge on any atom is -0.342 e. The molecule has 0 unspecified atom stereocenters. The van der Waals surface area contributed by atoms with Crippen molar-refractivity contribution in [1.82, 2.24) is 14.3 Å². The molecule has 5 nitrogen and oxygen atoms in total. The van der Waals surface area contributed by atoms with Crippen LogP contribution >= 0.6 is 0 Å². The fourth-order valence-electron chi connectivity index (χ4n) is 3.20. The van der Waals surface area contributed by atoms with E-state index >= 15 is 0 Å². The highest BCUT2D eigenvalue weighted by Gasteiger charge is 2.29. The summed E-state index contributed by atoms with van der Waals surface area (Å²) in [4.78, 5) is 8.11. The SMILES string of the molecule is CCCCS(=O)(=O)N1CCC(c2nc3ccc(C)cc3[nH]2)CC1. The molecule has 1 aliphatic heterocycles. The van der Waals surface area contributed by atoms with Crippen molar-refractivity contribution in [3.05, 3.63) is 29.6 Å². The lowest BCUT2D eigenvalue weighted by molar-refractivity contribution is 0.314. The van der Waals surface area contributed by atoms with Gasteiger partial charge in [-0.15, -0.1) is 0 Å². The number of aromatic nitrogens is 2. The summed E-state index contributed by atoms with van der Waals surface area (Å²) in [6.07, 6.45) is 3.33. The van der Waals surface area contributed by atoms with Crippen LogP contribution in [0.25, 0.3) is 11.0 Å². The van der Waals surface area contributed by atoms with Gasteiger partial charge in [-0.25, -0.2) is 17.7 Å². The average molecular weight is 335 g/mol. The van der Waals surface area contributed by atoms with Gasteiger partial charge in [0, 0.05) is 19.0 Å². The van der Waals surface area contributed by atoms with Crippen LogP contribution in [0.4, 0.5) is 0 Å². The lowest BCUT2D eigenvalue weighted by Crippen LogP contribution is -2.39. The van der Waals surface area contributed by atoms with Crippen LogP contribution in [-0.4, -0.2) is 41.5 Å². The van der Waals surface area contributed by atoms with E-state index in [0.717, 1.165) is 42.5 Å². The second-order valence-electron chi connectivity index (χ2n) is 6.49. The number of nitrogens with zero attached hydrogens (tertiary/aromatic N) is 2. The molecular formula is C17H25N3O2S. The van der Waals surface area contributed by atoms with Crippen LogP contribution in [0.15, 0.2) is 18.2 Å². The van der Waals surface area contributed by atoms with E-state index in [1.807, 2.05) is 13.0 Å². The Hall–Kier alpha value is -1.40. The molecule has 0 amide bonds. The van der Waals surface area contributed by atoms with Gasteiger partial charge in [0.15, 0.2) is 0 Å². The lowest BCUT2D eigenvalue weighted by Gasteiger charge is -2.30. The summed E-state index contributed by atoms with van der Waals surface area (Å²) in [6.45, 7) is 5.30. The molecule has 23 heavy (non-hydrogen) atoms. The zero-order valence-electron chi connectivity index (χ0n) is 13.9. The summed E-state index contributed by atoms with van der Waals surface area (Å²) in [5.41, 5.74) is 3.27. The third-order valence-electron chi connectivity index (χ3n) is 4.65. The minimum absolute atomic E-state index is 0.276. The number of imidazole rings is 1. The van der Waals surface area contributed by atoms with Crippen molar-refractivity contribution >= 4 is 21.1 Å². The molecule has 1 fully saturated rings. The third kappa shape index (κ3) is 3.58. The fourth-order valence-corrected chi connectivity index (χ4v) is 4.88. The number of piperidine rings is 1. The van der Waals surface area contributed by atoms with Crippen molar-refractivity contribution in [2.75, 3.05) is 18.8 Å². The van der Waals surface area contributed by atoms with Crippen LogP contribution in [0.5, 0.6) is 0 Å². The molecular weight excluding hydrogens is 310 g/mol. The molecule has 6 heteroatoms. The molecule has 0 bridgehead atoms. The molecule has 1 aromatic carbocycles. The van der Waals surface area contributed by atoms with Gasteiger partial charge in [0.1, 0.15) is 5.82 Å². The van der Waals surface area contributed by atoms with Crippen molar-refractivity contribution in [2.24, 2.45) is 0 Å². The minimum atomic E-state index is -3.08. The maximum Gasteiger partial charge on any atom is 0.214 e. The van der Waals surface area contributed by atoms with Crippen LogP contribution in [0.3, 0.4) is 0 Å². The van der Waals surface area contributed by atoms with Gasteiger partial charge in [0.05, 0.1) is 16.8 Å². The second kappa shape index (κ2) is 6.61. The number of nitrogens with one attached hydrogen (secondary N) is 1. The summed E-state index contributed by atoms with van der Waals surface area (Å²) in [7, 11) is -3.08. The standard InChI is InChI=1S/C17H25N3O2S/c1-3-4-11-23(21,22)20-9-7-14(8-10-20)17-18-15-6-5-13(2)12-16(15)19-17/h5-6,12,14H,3-4,7-11H2,1-2H3,(H,18,19). The molecule has 0 radical (unpaired) electrons. The summed E-state index contributed by atoms with van der Waals surface area (Å²) < 4.78 is 26.2. The van der Waals surface area contributed by atoms with Crippen molar-refractivity contribution in [1.29, 1.82) is 0 Å². The summed E-state index contributed by atoms with van der Waals surface area (Å²) in [6, 6.07) is 6.21. The van der Waals surface area contributed by atoms with E-state index in [4.69, 9.17) is 4.98 Å². The van der Waals surface area contributed by atoms with Crippen molar-refractivity contribution in [3.63, 3.8) is 0 Å². The van der Waals surface area contributed by atoms with Gasteiger partial charge in [-0.1, -0.05) is 19.4 Å². The Labute approximate surface area is 138 Å². The first-order valence-electron chi connectivity index (χ1n) is 8.43. The first-order valence-corrected chi connectivity index (χ1v) is 10.0. The molecule has 0 saturated carbocycles. The van der Waals surface area contributed by atoms with E-state index in [0.29, 0.717) is 19.0 Å². The molecule has 1 aromatic heterocycles. The number of hydrogen-bond donors (Lipinski definition) is 1. The molecule has 126 valence electrons. The van der Waals surface area contributed by atoms with E-state index in [9.17, 15) is 8.42 Å². The van der Waals surface area contributed by atoms with Crippen LogP contribution in [0, 0.1) is 6.92 Å². The largest absolute Gasteiger partial charge is 0.342 e. The molecule has 3 rings (SSSR count). The fraction of sp³-hybridized carbons (Fsp3) is 0.588. The lowest BCUT2D eigenvalue weighted by atomic mass is 9.97. The molecule has 0 atom stereocenters. The number of sulfonamides is 1. The Kier molecular flexibility index (Phi) is 4.73. The smallest absolute Gasteiger partial charge is 0.214 e. The maximum atomic E-state index is 12.3. The Morgan fingerprint density at radius 3 is 2.74 bits per heavy atom. The van der Waals surface area contributed by atoms with Gasteiger partial charge in [0.25, 0.3) is 0 Å². The number of fused-ring (bicyclic) bond motifs is 1.